The molecule has 0 atom stereocenters. The van der Waals surface area contributed by atoms with Gasteiger partial charge in [-0.2, -0.15) is 0 Å². The third-order valence-electron chi connectivity index (χ3n) is 3.48. The summed E-state index contributed by atoms with van der Waals surface area (Å²) in [5, 5.41) is 20.4. The highest BCUT2D eigenvalue weighted by molar-refractivity contribution is 9.10. The van der Waals surface area contributed by atoms with Crippen molar-refractivity contribution < 1.29 is 19.0 Å². The number of hydrogen-bond acceptors (Lipinski definition) is 3. The van der Waals surface area contributed by atoms with Gasteiger partial charge in [0, 0.05) is 5.33 Å². The van der Waals surface area contributed by atoms with Crippen LogP contribution in [0.3, 0.4) is 0 Å². The molecule has 2 N–H and O–H groups in total. The van der Waals surface area contributed by atoms with E-state index in [1.165, 1.54) is 0 Å². The second-order valence-electron chi connectivity index (χ2n) is 5.05. The molecule has 118 valence electrons. The summed E-state index contributed by atoms with van der Waals surface area (Å²) in [4.78, 5) is 4.19. The van der Waals surface area contributed by atoms with Gasteiger partial charge in [0.2, 0.25) is 0 Å². The van der Waals surface area contributed by atoms with Crippen LogP contribution >= 0.6 is 31.9 Å². The summed E-state index contributed by atoms with van der Waals surface area (Å²) in [5.74, 6) is -0.986. The number of fused-ring (bicyclic) bond motifs is 1. The van der Waals surface area contributed by atoms with Gasteiger partial charge in [-0.05, 0) is 33.0 Å². The Hall–Kier alpha value is -1.21. The van der Waals surface area contributed by atoms with E-state index in [-0.39, 0.29) is 29.5 Å². The van der Waals surface area contributed by atoms with Crippen LogP contribution in [0.25, 0.3) is 23.6 Å². The number of pyridine rings is 1. The molecule has 0 aliphatic heterocycles. The van der Waals surface area contributed by atoms with Crippen LogP contribution in [0.5, 0.6) is 11.5 Å². The number of alkyl halides is 1. The van der Waals surface area contributed by atoms with E-state index in [0.29, 0.717) is 15.5 Å². The third-order valence-corrected chi connectivity index (χ3v) is 4.70. The van der Waals surface area contributed by atoms with Crippen LogP contribution in [0.15, 0.2) is 4.60 Å². The zero-order valence-electron chi connectivity index (χ0n) is 11.8. The van der Waals surface area contributed by atoms with Crippen molar-refractivity contribution in [3.8, 4) is 11.5 Å². The van der Waals surface area contributed by atoms with Crippen LogP contribution < -0.4 is 10.4 Å². The lowest BCUT2D eigenvalue weighted by Crippen LogP contribution is -2.25. The highest BCUT2D eigenvalue weighted by Gasteiger charge is 2.22. The summed E-state index contributed by atoms with van der Waals surface area (Å²) < 4.78 is 26.6. The summed E-state index contributed by atoms with van der Waals surface area (Å²) in [6.07, 6.45) is 0.114. The Balaban J connectivity index is 3.27. The smallest absolute Gasteiger partial charge is 0.152 e. The molecule has 0 amide bonds. The molecule has 0 spiro atoms. The van der Waals surface area contributed by atoms with E-state index in [9.17, 15) is 19.0 Å². The van der Waals surface area contributed by atoms with Gasteiger partial charge in [-0.15, -0.1) is 0 Å². The van der Waals surface area contributed by atoms with Crippen LogP contribution in [-0.4, -0.2) is 15.2 Å². The summed E-state index contributed by atoms with van der Waals surface area (Å²) >= 11 is 6.68. The van der Waals surface area contributed by atoms with Gasteiger partial charge in [-0.3, -0.25) is 0 Å². The molecule has 0 saturated heterocycles. The van der Waals surface area contributed by atoms with E-state index in [1.807, 2.05) is 13.8 Å². The molecule has 2 aromatic rings. The lowest BCUT2D eigenvalue weighted by atomic mass is 9.93. The van der Waals surface area contributed by atoms with Gasteiger partial charge in [-0.1, -0.05) is 29.8 Å². The van der Waals surface area contributed by atoms with Gasteiger partial charge in [0.05, 0.1) is 28.5 Å². The molecule has 22 heavy (non-hydrogen) atoms. The zero-order chi connectivity index (χ0) is 16.6. The largest absolute Gasteiger partial charge is 0.506 e. The SMILES string of the molecule is CC(C)c1c(CBr)c(Br)nc2c(O)c(=CF)c(=CF)c(O)c12. The lowest BCUT2D eigenvalue weighted by Gasteiger charge is -2.18. The average molecular weight is 437 g/mol. The van der Waals surface area contributed by atoms with Gasteiger partial charge in [0.1, 0.15) is 15.9 Å². The minimum atomic E-state index is -0.511. The number of aromatic nitrogens is 1. The number of hydrogen-bond donors (Lipinski definition) is 2. The molecule has 1 aromatic carbocycles. The number of rotatable bonds is 2. The molecule has 0 saturated carbocycles. The monoisotopic (exact) mass is 435 g/mol. The van der Waals surface area contributed by atoms with Crippen LogP contribution in [0.4, 0.5) is 8.78 Å². The van der Waals surface area contributed by atoms with Crippen LogP contribution in [0.1, 0.15) is 30.9 Å². The predicted octanol–water partition coefficient (Wildman–Crippen LogP) is 3.84. The third kappa shape index (κ3) is 2.50. The molecular weight excluding hydrogens is 424 g/mol. The van der Waals surface area contributed by atoms with Crippen molar-refractivity contribution in [2.75, 3.05) is 0 Å². The highest BCUT2D eigenvalue weighted by atomic mass is 79.9. The first-order chi connectivity index (χ1) is 10.4. The van der Waals surface area contributed by atoms with Crippen LogP contribution in [0, 0.1) is 0 Å². The number of nitrogens with zero attached hydrogens (tertiary/aromatic N) is 1. The summed E-state index contributed by atoms with van der Waals surface area (Å²) in [6.45, 7) is 3.80. The number of phenols is 2. The Labute approximate surface area is 142 Å². The molecule has 7 heteroatoms. The van der Waals surface area contributed by atoms with Crippen molar-refractivity contribution in [3.05, 3.63) is 26.2 Å². The van der Waals surface area contributed by atoms with E-state index < -0.39 is 21.9 Å². The first-order valence-electron chi connectivity index (χ1n) is 6.41. The van der Waals surface area contributed by atoms with Gasteiger partial charge in [-0.25, -0.2) is 13.8 Å². The fourth-order valence-corrected chi connectivity index (χ4v) is 4.00. The lowest BCUT2D eigenvalue weighted by molar-refractivity contribution is 0.458. The minimum absolute atomic E-state index is 0.0206. The maximum atomic E-state index is 13.1. The molecule has 3 nitrogen and oxygen atoms in total. The zero-order valence-corrected chi connectivity index (χ0v) is 15.0. The van der Waals surface area contributed by atoms with E-state index in [2.05, 4.69) is 36.8 Å². The van der Waals surface area contributed by atoms with Crippen molar-refractivity contribution in [3.63, 3.8) is 0 Å². The van der Waals surface area contributed by atoms with Gasteiger partial charge < -0.3 is 10.2 Å². The summed E-state index contributed by atoms with van der Waals surface area (Å²) in [6, 6.07) is 0. The summed E-state index contributed by atoms with van der Waals surface area (Å²) in [5.41, 5.74) is 1.50. The topological polar surface area (TPSA) is 53.4 Å². The molecule has 0 fully saturated rings. The molecule has 0 radical (unpaired) electrons. The summed E-state index contributed by atoms with van der Waals surface area (Å²) in [7, 11) is 0. The van der Waals surface area contributed by atoms with Gasteiger partial charge >= 0.3 is 0 Å². The normalized spacial score (nSPS) is 13.6. The highest BCUT2D eigenvalue weighted by Crippen LogP contribution is 2.38. The second kappa shape index (κ2) is 6.50. The van der Waals surface area contributed by atoms with E-state index in [1.54, 1.807) is 0 Å². The molecule has 0 unspecified atom stereocenters. The first-order valence-corrected chi connectivity index (χ1v) is 8.33. The number of halogens is 4. The van der Waals surface area contributed by atoms with Crippen molar-refractivity contribution in [1.82, 2.24) is 4.98 Å². The number of benzene rings is 1. The second-order valence-corrected chi connectivity index (χ2v) is 6.36. The Bertz CT molecular complexity index is 867. The maximum Gasteiger partial charge on any atom is 0.152 e. The Morgan fingerprint density at radius 1 is 1.14 bits per heavy atom. The fourth-order valence-electron chi connectivity index (χ4n) is 2.52. The molecule has 1 aromatic heterocycles. The maximum absolute atomic E-state index is 13.1. The molecule has 2 rings (SSSR count). The van der Waals surface area contributed by atoms with Gasteiger partial charge in [0.25, 0.3) is 0 Å². The van der Waals surface area contributed by atoms with Crippen molar-refractivity contribution in [2.45, 2.75) is 25.1 Å². The Morgan fingerprint density at radius 3 is 2.14 bits per heavy atom. The van der Waals surface area contributed by atoms with Crippen molar-refractivity contribution in [1.29, 1.82) is 0 Å². The van der Waals surface area contributed by atoms with E-state index in [0.717, 1.165) is 5.56 Å². The number of phenolic OH excluding ortho intramolecular Hbond substituents is 2. The fraction of sp³-hybridized carbons (Fsp3) is 0.267. The van der Waals surface area contributed by atoms with Crippen LogP contribution in [0.2, 0.25) is 0 Å². The average Bonchev–Trinajstić information content (AvgIpc) is 2.48. The molecular formula is C15H13Br2F2NO2. The molecule has 0 aliphatic carbocycles. The quantitative estimate of drug-likeness (QED) is 0.427. The predicted molar refractivity (Wildman–Crippen MR) is 89.9 cm³/mol. The van der Waals surface area contributed by atoms with Crippen LogP contribution in [-0.2, 0) is 5.33 Å². The van der Waals surface area contributed by atoms with E-state index >= 15 is 0 Å². The minimum Gasteiger partial charge on any atom is -0.506 e. The van der Waals surface area contributed by atoms with Crippen molar-refractivity contribution >= 4 is 55.4 Å². The van der Waals surface area contributed by atoms with E-state index in [4.69, 9.17) is 0 Å². The Morgan fingerprint density at radius 2 is 1.68 bits per heavy atom. The van der Waals surface area contributed by atoms with Crippen molar-refractivity contribution in [2.24, 2.45) is 0 Å². The molecule has 0 aliphatic rings. The molecule has 1 heterocycles. The number of aromatic hydroxyl groups is 2. The Kier molecular flexibility index (Phi) is 5.07. The first kappa shape index (κ1) is 17.1. The standard InChI is InChI=1S/C15H13Br2F2NO2/c1-6(2)10-7(3-16)15(17)20-12-11(10)13(21)8(4-18)9(5-19)14(12)22/h4-6,21-22H,3H2,1-2H3. The molecule has 0 bridgehead atoms. The van der Waals surface area contributed by atoms with Gasteiger partial charge in [0.15, 0.2) is 5.75 Å².